The van der Waals surface area contributed by atoms with Gasteiger partial charge < -0.3 is 10.6 Å². The third-order valence-electron chi connectivity index (χ3n) is 3.73. The Bertz CT molecular complexity index is 682. The minimum absolute atomic E-state index is 0.0186. The number of carbonyl (C=O) groups is 1. The van der Waals surface area contributed by atoms with E-state index in [1.54, 1.807) is 0 Å². The van der Waals surface area contributed by atoms with Crippen molar-refractivity contribution in [2.45, 2.75) is 39.3 Å². The minimum Gasteiger partial charge on any atom is -0.309 e. The fraction of sp³-hybridized carbons (Fsp3) is 0.375. The largest absolute Gasteiger partial charge is 0.309 e. The molecule has 2 heterocycles. The van der Waals surface area contributed by atoms with E-state index in [1.807, 2.05) is 24.3 Å². The van der Waals surface area contributed by atoms with Crippen molar-refractivity contribution < 1.29 is 4.79 Å². The zero-order valence-electron chi connectivity index (χ0n) is 12.6. The van der Waals surface area contributed by atoms with Crippen LogP contribution < -0.4 is 10.6 Å². The molecule has 2 aromatic rings. The second-order valence-electron chi connectivity index (χ2n) is 6.46. The molecule has 1 aromatic heterocycles. The highest BCUT2D eigenvalue weighted by Crippen LogP contribution is 2.22. The number of benzene rings is 1. The number of amides is 1. The molecule has 110 valence electrons. The van der Waals surface area contributed by atoms with Gasteiger partial charge in [-0.1, -0.05) is 26.8 Å². The summed E-state index contributed by atoms with van der Waals surface area (Å²) in [6.07, 6.45) is 0. The molecule has 1 amide bonds. The zero-order chi connectivity index (χ0) is 15.0. The number of nitrogens with one attached hydrogen (secondary N) is 3. The topological polar surface area (TPSA) is 69.8 Å². The lowest BCUT2D eigenvalue weighted by molar-refractivity contribution is 0.102. The summed E-state index contributed by atoms with van der Waals surface area (Å²) in [5.41, 5.74) is 4.10. The van der Waals surface area contributed by atoms with E-state index in [0.29, 0.717) is 11.4 Å². The lowest BCUT2D eigenvalue weighted by Crippen LogP contribution is -2.13. The molecule has 0 saturated carbocycles. The summed E-state index contributed by atoms with van der Waals surface area (Å²) < 4.78 is 0. The second kappa shape index (κ2) is 5.00. The van der Waals surface area contributed by atoms with Crippen LogP contribution in [0.25, 0.3) is 0 Å². The molecule has 3 N–H and O–H groups in total. The predicted octanol–water partition coefficient (Wildman–Crippen LogP) is 2.56. The molecule has 0 fully saturated rings. The second-order valence-corrected chi connectivity index (χ2v) is 6.46. The summed E-state index contributed by atoms with van der Waals surface area (Å²) in [6.45, 7) is 8.00. The zero-order valence-corrected chi connectivity index (χ0v) is 12.6. The van der Waals surface area contributed by atoms with Crippen LogP contribution in [0.4, 0.5) is 5.82 Å². The maximum absolute atomic E-state index is 12.3. The molecular formula is C16H20N4O. The van der Waals surface area contributed by atoms with Crippen molar-refractivity contribution in [2.75, 3.05) is 5.32 Å². The van der Waals surface area contributed by atoms with Crippen molar-refractivity contribution in [2.24, 2.45) is 0 Å². The number of fused-ring (bicyclic) bond motifs is 1. The molecule has 3 rings (SSSR count). The van der Waals surface area contributed by atoms with Crippen molar-refractivity contribution in [3.05, 3.63) is 46.6 Å². The Morgan fingerprint density at radius 2 is 1.95 bits per heavy atom. The van der Waals surface area contributed by atoms with Gasteiger partial charge in [-0.2, -0.15) is 5.10 Å². The van der Waals surface area contributed by atoms with Gasteiger partial charge in [0.25, 0.3) is 5.91 Å². The normalized spacial score (nSPS) is 14.0. The van der Waals surface area contributed by atoms with Crippen molar-refractivity contribution in [1.82, 2.24) is 15.5 Å². The molecule has 5 nitrogen and oxygen atoms in total. The lowest BCUT2D eigenvalue weighted by atomic mass is 9.92. The van der Waals surface area contributed by atoms with E-state index in [9.17, 15) is 4.79 Å². The predicted molar refractivity (Wildman–Crippen MR) is 82.2 cm³/mol. The summed E-state index contributed by atoms with van der Waals surface area (Å²) in [5.74, 6) is 0.431. The number of aromatic nitrogens is 2. The van der Waals surface area contributed by atoms with Gasteiger partial charge >= 0.3 is 0 Å². The number of anilines is 1. The van der Waals surface area contributed by atoms with Crippen LogP contribution in [0.2, 0.25) is 0 Å². The van der Waals surface area contributed by atoms with Gasteiger partial charge in [0.15, 0.2) is 5.82 Å². The monoisotopic (exact) mass is 284 g/mol. The Kier molecular flexibility index (Phi) is 3.29. The Balaban J connectivity index is 1.76. The van der Waals surface area contributed by atoms with Gasteiger partial charge in [-0.3, -0.25) is 9.89 Å². The average Bonchev–Trinajstić information content (AvgIpc) is 3.04. The molecule has 5 heteroatoms. The lowest BCUT2D eigenvalue weighted by Gasteiger charge is -2.14. The number of hydrogen-bond donors (Lipinski definition) is 3. The molecule has 0 aliphatic carbocycles. The number of hydrogen-bond acceptors (Lipinski definition) is 3. The quantitative estimate of drug-likeness (QED) is 0.794. The van der Waals surface area contributed by atoms with Gasteiger partial charge in [0, 0.05) is 35.8 Å². The van der Waals surface area contributed by atoms with Gasteiger partial charge in [0.1, 0.15) is 0 Å². The first kappa shape index (κ1) is 13.8. The first-order chi connectivity index (χ1) is 9.93. The van der Waals surface area contributed by atoms with Crippen molar-refractivity contribution in [3.8, 4) is 0 Å². The SMILES string of the molecule is CC(C)(C)c1cc(NC(=O)c2ccc3c(c2)CNC3)n[nH]1. The van der Waals surface area contributed by atoms with Gasteiger partial charge in [0.05, 0.1) is 0 Å². The van der Waals surface area contributed by atoms with E-state index in [0.717, 1.165) is 18.8 Å². The molecule has 0 bridgehead atoms. The summed E-state index contributed by atoms with van der Waals surface area (Å²) >= 11 is 0. The Labute approximate surface area is 124 Å². The summed E-state index contributed by atoms with van der Waals surface area (Å²) in [7, 11) is 0. The highest BCUT2D eigenvalue weighted by Gasteiger charge is 2.18. The molecule has 0 atom stereocenters. The smallest absolute Gasteiger partial charge is 0.256 e. The fourth-order valence-electron chi connectivity index (χ4n) is 2.39. The maximum atomic E-state index is 12.3. The van der Waals surface area contributed by atoms with Crippen LogP contribution in [0.1, 0.15) is 48.0 Å². The molecule has 0 saturated heterocycles. The van der Waals surface area contributed by atoms with Crippen LogP contribution in [0.3, 0.4) is 0 Å². The van der Waals surface area contributed by atoms with E-state index < -0.39 is 0 Å². The maximum Gasteiger partial charge on any atom is 0.256 e. The Morgan fingerprint density at radius 1 is 1.19 bits per heavy atom. The van der Waals surface area contributed by atoms with E-state index in [1.165, 1.54) is 11.1 Å². The van der Waals surface area contributed by atoms with Crippen molar-refractivity contribution >= 4 is 11.7 Å². The number of carbonyl (C=O) groups excluding carboxylic acids is 1. The van der Waals surface area contributed by atoms with Crippen LogP contribution in [-0.4, -0.2) is 16.1 Å². The molecule has 1 aliphatic heterocycles. The Morgan fingerprint density at radius 3 is 2.67 bits per heavy atom. The average molecular weight is 284 g/mol. The minimum atomic E-state index is -0.128. The molecular weight excluding hydrogens is 264 g/mol. The molecule has 1 aromatic carbocycles. The number of aromatic amines is 1. The first-order valence-electron chi connectivity index (χ1n) is 7.13. The number of rotatable bonds is 2. The van der Waals surface area contributed by atoms with Gasteiger partial charge in [-0.15, -0.1) is 0 Å². The standard InChI is InChI=1S/C16H20N4O/c1-16(2,3)13-7-14(20-19-13)18-15(21)10-4-5-11-8-17-9-12(11)6-10/h4-7,17H,8-9H2,1-3H3,(H2,18,19,20,21). The summed E-state index contributed by atoms with van der Waals surface area (Å²) in [6, 6.07) is 7.70. The van der Waals surface area contributed by atoms with Crippen LogP contribution in [0.15, 0.2) is 24.3 Å². The molecule has 0 radical (unpaired) electrons. The highest BCUT2D eigenvalue weighted by molar-refractivity contribution is 6.04. The third-order valence-corrected chi connectivity index (χ3v) is 3.73. The third kappa shape index (κ3) is 2.83. The molecule has 21 heavy (non-hydrogen) atoms. The number of nitrogens with zero attached hydrogens (tertiary/aromatic N) is 1. The molecule has 1 aliphatic rings. The van der Waals surface area contributed by atoms with Crippen LogP contribution >= 0.6 is 0 Å². The molecule has 0 spiro atoms. The van der Waals surface area contributed by atoms with E-state index in [-0.39, 0.29) is 11.3 Å². The summed E-state index contributed by atoms with van der Waals surface area (Å²) in [5, 5.41) is 13.2. The number of H-pyrrole nitrogens is 1. The van der Waals surface area contributed by atoms with E-state index in [2.05, 4.69) is 41.6 Å². The van der Waals surface area contributed by atoms with Crippen LogP contribution in [0, 0.1) is 0 Å². The van der Waals surface area contributed by atoms with Gasteiger partial charge in [0.2, 0.25) is 0 Å². The Hall–Kier alpha value is -2.14. The van der Waals surface area contributed by atoms with Crippen LogP contribution in [0.5, 0.6) is 0 Å². The van der Waals surface area contributed by atoms with E-state index in [4.69, 9.17) is 0 Å². The van der Waals surface area contributed by atoms with E-state index >= 15 is 0 Å². The summed E-state index contributed by atoms with van der Waals surface area (Å²) in [4.78, 5) is 12.3. The first-order valence-corrected chi connectivity index (χ1v) is 7.13. The van der Waals surface area contributed by atoms with Crippen molar-refractivity contribution in [1.29, 1.82) is 0 Å². The van der Waals surface area contributed by atoms with Crippen LogP contribution in [-0.2, 0) is 18.5 Å². The highest BCUT2D eigenvalue weighted by atomic mass is 16.1. The fourth-order valence-corrected chi connectivity index (χ4v) is 2.39. The molecule has 0 unspecified atom stereocenters. The van der Waals surface area contributed by atoms with Gasteiger partial charge in [-0.25, -0.2) is 0 Å². The van der Waals surface area contributed by atoms with Gasteiger partial charge in [-0.05, 0) is 23.3 Å². The van der Waals surface area contributed by atoms with Crippen molar-refractivity contribution in [3.63, 3.8) is 0 Å².